The maximum absolute atomic E-state index is 14.8. The Morgan fingerprint density at radius 3 is 2.51 bits per heavy atom. The molecule has 1 fully saturated rings. The number of alkyl halides is 4. The summed E-state index contributed by atoms with van der Waals surface area (Å²) in [6.07, 6.45) is -6.44. The smallest absolute Gasteiger partial charge is 0.404 e. The molecule has 1 aromatic carbocycles. The van der Waals surface area contributed by atoms with Crippen LogP contribution in [-0.2, 0) is 10.0 Å². The van der Waals surface area contributed by atoms with Gasteiger partial charge in [0.25, 0.3) is 5.91 Å². The summed E-state index contributed by atoms with van der Waals surface area (Å²) in [5.74, 6) is -2.96. The van der Waals surface area contributed by atoms with Crippen LogP contribution in [0.4, 0.5) is 17.6 Å². The van der Waals surface area contributed by atoms with E-state index in [-0.39, 0.29) is 40.8 Å². The van der Waals surface area contributed by atoms with Crippen molar-refractivity contribution in [3.63, 3.8) is 0 Å². The van der Waals surface area contributed by atoms with E-state index in [1.807, 2.05) is 0 Å². The number of halogens is 6. The lowest BCUT2D eigenvalue weighted by Crippen LogP contribution is -2.44. The van der Waals surface area contributed by atoms with E-state index in [2.05, 4.69) is 4.98 Å². The zero-order chi connectivity index (χ0) is 26.3. The molecule has 0 aliphatic carbocycles. The molecule has 1 aliphatic heterocycles. The topological polar surface area (TPSA) is 117 Å². The number of thiazole rings is 1. The zero-order valence-electron chi connectivity index (χ0n) is 17.6. The fraction of sp³-hybridized carbons (Fsp3) is 0.421. The number of carboxylic acids is 1. The Kier molecular flexibility index (Phi) is 8.01. The van der Waals surface area contributed by atoms with Gasteiger partial charge in [0.2, 0.25) is 15.0 Å². The lowest BCUT2D eigenvalue weighted by Gasteiger charge is -2.35. The quantitative estimate of drug-likeness (QED) is 0.493. The van der Waals surface area contributed by atoms with Crippen LogP contribution in [0.25, 0.3) is 0 Å². The Morgan fingerprint density at radius 1 is 1.29 bits per heavy atom. The van der Waals surface area contributed by atoms with E-state index >= 15 is 0 Å². The number of amides is 1. The number of carbonyl (C=O) groups is 2. The number of nitrogens with one attached hydrogen (secondary N) is 1. The van der Waals surface area contributed by atoms with Crippen LogP contribution in [0.3, 0.4) is 0 Å². The van der Waals surface area contributed by atoms with Crippen LogP contribution < -0.4 is 4.72 Å². The summed E-state index contributed by atoms with van der Waals surface area (Å²) >= 11 is 13.1. The average molecular weight is 578 g/mol. The molecule has 3 rings (SSSR count). The van der Waals surface area contributed by atoms with Gasteiger partial charge >= 0.3 is 12.1 Å². The third-order valence-electron chi connectivity index (χ3n) is 5.31. The van der Waals surface area contributed by atoms with Crippen LogP contribution in [0.1, 0.15) is 45.1 Å². The monoisotopic (exact) mass is 577 g/mol. The van der Waals surface area contributed by atoms with E-state index in [1.165, 1.54) is 15.0 Å². The number of sulfonamides is 1. The predicted octanol–water partition coefficient (Wildman–Crippen LogP) is 4.35. The number of likely N-dealkylation sites (tertiary alicyclic amines) is 1. The number of rotatable bonds is 6. The summed E-state index contributed by atoms with van der Waals surface area (Å²) in [5.41, 5.74) is -0.0622. The van der Waals surface area contributed by atoms with Crippen molar-refractivity contribution in [3.05, 3.63) is 43.8 Å². The van der Waals surface area contributed by atoms with Gasteiger partial charge in [-0.05, 0) is 25.0 Å². The molecule has 192 valence electrons. The highest BCUT2D eigenvalue weighted by Gasteiger charge is 2.40. The number of aromatic nitrogens is 1. The molecule has 2 N–H and O–H groups in total. The number of hydrogen-bond acceptors (Lipinski definition) is 6. The first-order valence-electron chi connectivity index (χ1n) is 9.82. The summed E-state index contributed by atoms with van der Waals surface area (Å²) in [5, 5.41) is 8.99. The molecule has 35 heavy (non-hydrogen) atoms. The highest BCUT2D eigenvalue weighted by Crippen LogP contribution is 2.40. The van der Waals surface area contributed by atoms with Crippen molar-refractivity contribution in [1.29, 1.82) is 0 Å². The van der Waals surface area contributed by atoms with Crippen molar-refractivity contribution >= 4 is 56.4 Å². The summed E-state index contributed by atoms with van der Waals surface area (Å²) in [7, 11) is -4.72. The maximum Gasteiger partial charge on any atom is 0.404 e. The second-order valence-corrected chi connectivity index (χ2v) is 11.0. The number of nitrogens with zero attached hydrogens (tertiary/aromatic N) is 2. The van der Waals surface area contributed by atoms with E-state index in [0.717, 1.165) is 23.5 Å². The number of carbonyl (C=O) groups excluding carboxylic acids is 1. The van der Waals surface area contributed by atoms with Crippen molar-refractivity contribution in [2.24, 2.45) is 0 Å². The minimum atomic E-state index is -4.84. The van der Waals surface area contributed by atoms with Crippen LogP contribution in [-0.4, -0.2) is 66.8 Å². The molecule has 0 saturated carbocycles. The average Bonchev–Trinajstić information content (AvgIpc) is 3.25. The Balaban J connectivity index is 1.87. The van der Waals surface area contributed by atoms with Crippen molar-refractivity contribution in [2.75, 3.05) is 13.1 Å². The number of piperidine rings is 1. The Bertz CT molecular complexity index is 1260. The van der Waals surface area contributed by atoms with Gasteiger partial charge < -0.3 is 10.0 Å². The molecule has 1 amide bonds. The van der Waals surface area contributed by atoms with Gasteiger partial charge in [-0.15, -0.1) is 11.3 Å². The molecular weight excluding hydrogens is 561 g/mol. The number of carboxylic acid groups (broad SMARTS) is 1. The van der Waals surface area contributed by atoms with Gasteiger partial charge in [0.1, 0.15) is 22.8 Å². The van der Waals surface area contributed by atoms with E-state index in [1.54, 1.807) is 0 Å². The van der Waals surface area contributed by atoms with Gasteiger partial charge in [-0.25, -0.2) is 22.6 Å². The molecule has 1 aliphatic rings. The Morgan fingerprint density at radius 2 is 1.94 bits per heavy atom. The normalized spacial score (nSPS) is 20.0. The molecule has 16 heteroatoms. The van der Waals surface area contributed by atoms with E-state index < -0.39 is 56.1 Å². The van der Waals surface area contributed by atoms with Crippen molar-refractivity contribution in [1.82, 2.24) is 14.6 Å². The third kappa shape index (κ3) is 5.88. The van der Waals surface area contributed by atoms with Crippen molar-refractivity contribution in [3.8, 4) is 0 Å². The predicted molar refractivity (Wildman–Crippen MR) is 120 cm³/mol. The van der Waals surface area contributed by atoms with Crippen LogP contribution >= 0.6 is 34.5 Å². The van der Waals surface area contributed by atoms with E-state index in [4.69, 9.17) is 28.3 Å². The SMILES string of the molecule is CC(NS(=O)(=O)c1ccc(C2CN(C(=O)c3csc(C(=O)O)n3)CCC2F)c(Cl)c1Cl)C(F)(F)F. The number of benzene rings is 1. The molecule has 0 bridgehead atoms. The molecular formula is C19H17Cl2F4N3O5S2. The fourth-order valence-corrected chi connectivity index (χ4v) is 6.21. The lowest BCUT2D eigenvalue weighted by molar-refractivity contribution is -0.147. The molecule has 2 aromatic rings. The van der Waals surface area contributed by atoms with Gasteiger partial charge in [0.05, 0.1) is 10.0 Å². The number of hydrogen-bond donors (Lipinski definition) is 2. The van der Waals surface area contributed by atoms with Gasteiger partial charge in [0.15, 0.2) is 0 Å². The van der Waals surface area contributed by atoms with Gasteiger partial charge in [-0.2, -0.15) is 17.9 Å². The van der Waals surface area contributed by atoms with Gasteiger partial charge in [0, 0.05) is 24.4 Å². The lowest BCUT2D eigenvalue weighted by atomic mass is 9.88. The molecule has 1 saturated heterocycles. The van der Waals surface area contributed by atoms with Crippen LogP contribution in [0.15, 0.2) is 22.4 Å². The second-order valence-electron chi connectivity index (χ2n) is 7.67. The molecule has 0 radical (unpaired) electrons. The third-order valence-corrected chi connectivity index (χ3v) is 8.73. The summed E-state index contributed by atoms with van der Waals surface area (Å²) in [6, 6.07) is -0.345. The second kappa shape index (κ2) is 10.2. The molecule has 3 atom stereocenters. The Labute approximate surface area is 210 Å². The highest BCUT2D eigenvalue weighted by atomic mass is 35.5. The molecule has 0 spiro atoms. The van der Waals surface area contributed by atoms with Crippen molar-refractivity contribution in [2.45, 2.75) is 42.5 Å². The largest absolute Gasteiger partial charge is 0.476 e. The number of aromatic carboxylic acids is 1. The first-order chi connectivity index (χ1) is 16.1. The Hall–Kier alpha value is -2.00. The summed E-state index contributed by atoms with van der Waals surface area (Å²) in [6.45, 7) is 0.420. The minimum Gasteiger partial charge on any atom is -0.476 e. The van der Waals surface area contributed by atoms with Crippen LogP contribution in [0, 0.1) is 0 Å². The van der Waals surface area contributed by atoms with E-state index in [9.17, 15) is 35.6 Å². The summed E-state index contributed by atoms with van der Waals surface area (Å²) in [4.78, 5) is 28.1. The van der Waals surface area contributed by atoms with Crippen molar-refractivity contribution < 1.29 is 40.7 Å². The molecule has 8 nitrogen and oxygen atoms in total. The zero-order valence-corrected chi connectivity index (χ0v) is 20.8. The van der Waals surface area contributed by atoms with Crippen LogP contribution in [0.2, 0.25) is 10.0 Å². The van der Waals surface area contributed by atoms with Crippen LogP contribution in [0.5, 0.6) is 0 Å². The van der Waals surface area contributed by atoms with Gasteiger partial charge in [-0.1, -0.05) is 29.3 Å². The standard InChI is InChI=1S/C19H17Cl2F4N3O5S2/c1-8(19(23,24)25)27-35(32,33)13-3-2-9(14(20)15(13)21)10-6-28(5-4-11(10)22)17(29)12-7-34-16(26-12)18(30)31/h2-3,7-8,10-11,27H,4-6H2,1H3,(H,30,31). The van der Waals surface area contributed by atoms with Gasteiger partial charge in [-0.3, -0.25) is 4.79 Å². The fourth-order valence-electron chi connectivity index (χ4n) is 3.44. The maximum atomic E-state index is 14.8. The first-order valence-corrected chi connectivity index (χ1v) is 12.9. The minimum absolute atomic E-state index is 0.00744. The summed E-state index contributed by atoms with van der Waals surface area (Å²) < 4.78 is 79.6. The molecule has 2 heterocycles. The first kappa shape index (κ1) is 27.6. The highest BCUT2D eigenvalue weighted by molar-refractivity contribution is 7.89. The molecule has 3 unspecified atom stereocenters. The van der Waals surface area contributed by atoms with E-state index in [0.29, 0.717) is 6.92 Å². The molecule has 1 aromatic heterocycles.